The van der Waals surface area contributed by atoms with Gasteiger partial charge in [0.2, 0.25) is 0 Å². The first-order valence-electron chi connectivity index (χ1n) is 11.7. The number of ether oxygens (including phenoxy) is 3. The van der Waals surface area contributed by atoms with Gasteiger partial charge >= 0.3 is 0 Å². The van der Waals surface area contributed by atoms with E-state index in [2.05, 4.69) is 16.3 Å². The number of carbonyl (C=O) groups is 1. The van der Waals surface area contributed by atoms with Crippen molar-refractivity contribution in [2.45, 2.75) is 25.5 Å². The predicted molar refractivity (Wildman–Crippen MR) is 133 cm³/mol. The maximum absolute atomic E-state index is 13.1. The van der Waals surface area contributed by atoms with Gasteiger partial charge in [-0.15, -0.1) is 0 Å². The molecule has 0 aliphatic carbocycles. The Labute approximate surface area is 201 Å². The summed E-state index contributed by atoms with van der Waals surface area (Å²) in [6.45, 7) is 2.95. The molecule has 0 unspecified atom stereocenters. The van der Waals surface area contributed by atoms with Gasteiger partial charge in [-0.2, -0.15) is 0 Å². The number of hydrogen-bond acceptors (Lipinski definition) is 5. The van der Waals surface area contributed by atoms with Crippen molar-refractivity contribution in [3.8, 4) is 17.2 Å². The normalized spacial score (nSPS) is 14.4. The number of para-hydroxylation sites is 1. The van der Waals surface area contributed by atoms with Gasteiger partial charge in [-0.25, -0.2) is 0 Å². The standard InChI is InChI=1S/C28H32N2O4/c1-32-25-13-7-6-12-23(25)24(30-16-8-9-17-30)19-29-28(31)22-14-15-26(27(18-22)33-2)34-20-21-10-4-3-5-11-21/h3-7,10-15,18,24H,8-9,16-17,19-20H2,1-2H3,(H,29,31)/t24-/m1/s1. The second-order valence-electron chi connectivity index (χ2n) is 8.35. The lowest BCUT2D eigenvalue weighted by molar-refractivity contribution is 0.0937. The van der Waals surface area contributed by atoms with Gasteiger partial charge in [0, 0.05) is 17.7 Å². The van der Waals surface area contributed by atoms with Crippen LogP contribution in [0.25, 0.3) is 0 Å². The molecule has 3 aromatic rings. The number of benzene rings is 3. The van der Waals surface area contributed by atoms with Crippen LogP contribution in [0.15, 0.2) is 72.8 Å². The number of nitrogens with one attached hydrogen (secondary N) is 1. The van der Waals surface area contributed by atoms with E-state index < -0.39 is 0 Å². The molecule has 4 rings (SSSR count). The van der Waals surface area contributed by atoms with Crippen molar-refractivity contribution in [3.05, 3.63) is 89.5 Å². The summed E-state index contributed by atoms with van der Waals surface area (Å²) < 4.78 is 17.0. The minimum atomic E-state index is -0.146. The first kappa shape index (κ1) is 23.6. The molecule has 1 N–H and O–H groups in total. The van der Waals surface area contributed by atoms with Gasteiger partial charge in [-0.1, -0.05) is 48.5 Å². The third-order valence-electron chi connectivity index (χ3n) is 6.20. The molecule has 0 spiro atoms. The van der Waals surface area contributed by atoms with E-state index in [0.717, 1.165) is 30.0 Å². The van der Waals surface area contributed by atoms with Crippen molar-refractivity contribution in [3.63, 3.8) is 0 Å². The summed E-state index contributed by atoms with van der Waals surface area (Å²) in [5, 5.41) is 3.12. The van der Waals surface area contributed by atoms with Crippen molar-refractivity contribution in [1.29, 1.82) is 0 Å². The highest BCUT2D eigenvalue weighted by atomic mass is 16.5. The molecule has 3 aromatic carbocycles. The quantitative estimate of drug-likeness (QED) is 0.469. The van der Waals surface area contributed by atoms with Crippen LogP contribution in [-0.4, -0.2) is 44.7 Å². The second kappa shape index (κ2) is 11.6. The van der Waals surface area contributed by atoms with Crippen molar-refractivity contribution in [2.24, 2.45) is 0 Å². The van der Waals surface area contributed by atoms with Gasteiger partial charge in [0.15, 0.2) is 11.5 Å². The fraction of sp³-hybridized carbons (Fsp3) is 0.321. The van der Waals surface area contributed by atoms with Crippen LogP contribution in [0.3, 0.4) is 0 Å². The molecule has 1 amide bonds. The van der Waals surface area contributed by atoms with Crippen LogP contribution in [0.2, 0.25) is 0 Å². The lowest BCUT2D eigenvalue weighted by Gasteiger charge is -2.29. The Morgan fingerprint density at radius 1 is 0.882 bits per heavy atom. The first-order chi connectivity index (χ1) is 16.7. The first-order valence-corrected chi connectivity index (χ1v) is 11.7. The second-order valence-corrected chi connectivity index (χ2v) is 8.35. The van der Waals surface area contributed by atoms with Gasteiger partial charge in [0.25, 0.3) is 5.91 Å². The number of hydrogen-bond donors (Lipinski definition) is 1. The van der Waals surface area contributed by atoms with Crippen molar-refractivity contribution in [1.82, 2.24) is 10.2 Å². The van der Waals surface area contributed by atoms with E-state index in [1.807, 2.05) is 48.5 Å². The average Bonchev–Trinajstić information content (AvgIpc) is 3.43. The zero-order chi connectivity index (χ0) is 23.8. The zero-order valence-electron chi connectivity index (χ0n) is 19.8. The largest absolute Gasteiger partial charge is 0.496 e. The highest BCUT2D eigenvalue weighted by Gasteiger charge is 2.26. The van der Waals surface area contributed by atoms with E-state index >= 15 is 0 Å². The number of methoxy groups -OCH3 is 2. The third kappa shape index (κ3) is 5.69. The van der Waals surface area contributed by atoms with Gasteiger partial charge in [0.1, 0.15) is 12.4 Å². The Hall–Kier alpha value is -3.51. The monoisotopic (exact) mass is 460 g/mol. The molecule has 1 saturated heterocycles. The van der Waals surface area contributed by atoms with Crippen LogP contribution in [0.4, 0.5) is 0 Å². The molecule has 0 aromatic heterocycles. The Kier molecular flexibility index (Phi) is 8.04. The number of amides is 1. The fourth-order valence-corrected chi connectivity index (χ4v) is 4.39. The molecular formula is C28H32N2O4. The molecule has 178 valence electrons. The molecule has 1 heterocycles. The van der Waals surface area contributed by atoms with Crippen LogP contribution in [0.5, 0.6) is 17.2 Å². The van der Waals surface area contributed by atoms with E-state index in [1.165, 1.54) is 12.8 Å². The van der Waals surface area contributed by atoms with E-state index in [4.69, 9.17) is 14.2 Å². The summed E-state index contributed by atoms with van der Waals surface area (Å²) in [7, 11) is 3.27. The molecule has 0 saturated carbocycles. The van der Waals surface area contributed by atoms with Crippen molar-refractivity contribution >= 4 is 5.91 Å². The summed E-state index contributed by atoms with van der Waals surface area (Å²) in [4.78, 5) is 15.5. The smallest absolute Gasteiger partial charge is 0.251 e. The minimum Gasteiger partial charge on any atom is -0.496 e. The highest BCUT2D eigenvalue weighted by Crippen LogP contribution is 2.32. The lowest BCUT2D eigenvalue weighted by atomic mass is 10.0. The Morgan fingerprint density at radius 3 is 2.32 bits per heavy atom. The van der Waals surface area contributed by atoms with Gasteiger partial charge < -0.3 is 19.5 Å². The molecular weight excluding hydrogens is 428 g/mol. The van der Waals surface area contributed by atoms with E-state index in [1.54, 1.807) is 32.4 Å². The molecule has 6 nitrogen and oxygen atoms in total. The summed E-state index contributed by atoms with van der Waals surface area (Å²) in [5.74, 6) is 1.83. The number of carbonyl (C=O) groups excluding carboxylic acids is 1. The van der Waals surface area contributed by atoms with Gasteiger partial charge in [-0.05, 0) is 55.8 Å². The molecule has 6 heteroatoms. The third-order valence-corrected chi connectivity index (χ3v) is 6.20. The summed E-state index contributed by atoms with van der Waals surface area (Å²) in [6, 6.07) is 23.3. The lowest BCUT2D eigenvalue weighted by Crippen LogP contribution is -2.37. The van der Waals surface area contributed by atoms with Crippen LogP contribution >= 0.6 is 0 Å². The summed E-state index contributed by atoms with van der Waals surface area (Å²) >= 11 is 0. The molecule has 1 aliphatic rings. The molecule has 1 fully saturated rings. The SMILES string of the molecule is COc1cc(C(=O)NC[C@H](c2ccccc2OC)N2CCCC2)ccc1OCc1ccccc1. The van der Waals surface area contributed by atoms with Gasteiger partial charge in [0.05, 0.1) is 20.3 Å². The molecule has 1 atom stereocenters. The predicted octanol–water partition coefficient (Wildman–Crippen LogP) is 4.85. The van der Waals surface area contributed by atoms with Crippen LogP contribution in [-0.2, 0) is 6.61 Å². The van der Waals surface area contributed by atoms with E-state index in [-0.39, 0.29) is 11.9 Å². The number of likely N-dealkylation sites (tertiary alicyclic amines) is 1. The zero-order valence-corrected chi connectivity index (χ0v) is 19.8. The van der Waals surface area contributed by atoms with Crippen LogP contribution < -0.4 is 19.5 Å². The molecule has 0 bridgehead atoms. The van der Waals surface area contributed by atoms with E-state index in [0.29, 0.717) is 30.2 Å². The molecule has 0 radical (unpaired) electrons. The van der Waals surface area contributed by atoms with Crippen molar-refractivity contribution in [2.75, 3.05) is 33.9 Å². The Morgan fingerprint density at radius 2 is 1.59 bits per heavy atom. The molecule has 34 heavy (non-hydrogen) atoms. The summed E-state index contributed by atoms with van der Waals surface area (Å²) in [5.41, 5.74) is 2.69. The maximum atomic E-state index is 13.1. The topological polar surface area (TPSA) is 60.0 Å². The number of rotatable bonds is 10. The Balaban J connectivity index is 1.45. The van der Waals surface area contributed by atoms with Crippen LogP contribution in [0, 0.1) is 0 Å². The minimum absolute atomic E-state index is 0.0537. The Bertz CT molecular complexity index is 1080. The van der Waals surface area contributed by atoms with Gasteiger partial charge in [-0.3, -0.25) is 9.69 Å². The van der Waals surface area contributed by atoms with E-state index in [9.17, 15) is 4.79 Å². The number of nitrogens with zero attached hydrogens (tertiary/aromatic N) is 1. The van der Waals surface area contributed by atoms with Crippen LogP contribution in [0.1, 0.15) is 40.4 Å². The fourth-order valence-electron chi connectivity index (χ4n) is 4.39. The maximum Gasteiger partial charge on any atom is 0.251 e. The summed E-state index contributed by atoms with van der Waals surface area (Å²) in [6.07, 6.45) is 2.34. The highest BCUT2D eigenvalue weighted by molar-refractivity contribution is 5.94. The molecule has 1 aliphatic heterocycles. The average molecular weight is 461 g/mol. The van der Waals surface area contributed by atoms with Crippen molar-refractivity contribution < 1.29 is 19.0 Å².